The fourth-order valence-corrected chi connectivity index (χ4v) is 4.54. The molecule has 0 aliphatic heterocycles. The highest BCUT2D eigenvalue weighted by Gasteiger charge is 2.23. The fraction of sp³-hybridized carbons (Fsp3) is 0.0323. The number of fused-ring (bicyclic) bond motifs is 1. The number of ether oxygens (including phenoxy) is 1. The fourth-order valence-electron chi connectivity index (χ4n) is 4.54. The number of rotatable bonds is 6. The van der Waals surface area contributed by atoms with Crippen LogP contribution in [0.1, 0.15) is 0 Å². The van der Waals surface area contributed by atoms with Gasteiger partial charge in [-0.2, -0.15) is 9.61 Å². The number of aromatic nitrogens is 3. The normalized spacial score (nSPS) is 10.9. The van der Waals surface area contributed by atoms with Gasteiger partial charge in [0.2, 0.25) is 0 Å². The van der Waals surface area contributed by atoms with Gasteiger partial charge in [-0.05, 0) is 35.4 Å². The molecule has 0 fully saturated rings. The SMILES string of the molecule is COc1ccc(-c2c(Nc3ccccc3)[nH]c3c(-c4ccccc4)c(-c4ccccc4)nn3c2=O)cc1. The zero-order chi connectivity index (χ0) is 25.2. The van der Waals surface area contributed by atoms with Crippen LogP contribution in [0.4, 0.5) is 11.5 Å². The number of benzene rings is 4. The van der Waals surface area contributed by atoms with Crippen molar-refractivity contribution in [2.45, 2.75) is 0 Å². The lowest BCUT2D eigenvalue weighted by Crippen LogP contribution is -2.19. The highest BCUT2D eigenvalue weighted by molar-refractivity contribution is 5.92. The Morgan fingerprint density at radius 1 is 0.703 bits per heavy atom. The summed E-state index contributed by atoms with van der Waals surface area (Å²) in [6.45, 7) is 0. The number of H-pyrrole nitrogens is 1. The van der Waals surface area contributed by atoms with Crippen molar-refractivity contribution >= 4 is 17.2 Å². The highest BCUT2D eigenvalue weighted by Crippen LogP contribution is 2.36. The molecule has 2 heterocycles. The molecule has 2 N–H and O–H groups in total. The van der Waals surface area contributed by atoms with E-state index in [9.17, 15) is 4.79 Å². The first-order valence-electron chi connectivity index (χ1n) is 12.0. The van der Waals surface area contributed by atoms with Crippen LogP contribution < -0.4 is 15.6 Å². The smallest absolute Gasteiger partial charge is 0.284 e. The summed E-state index contributed by atoms with van der Waals surface area (Å²) < 4.78 is 6.80. The minimum Gasteiger partial charge on any atom is -0.497 e. The predicted molar refractivity (Wildman–Crippen MR) is 148 cm³/mol. The number of nitrogens with one attached hydrogen (secondary N) is 2. The van der Waals surface area contributed by atoms with Crippen LogP contribution in [-0.2, 0) is 0 Å². The minimum atomic E-state index is -0.225. The molecule has 6 aromatic rings. The summed E-state index contributed by atoms with van der Waals surface area (Å²) in [5.74, 6) is 1.31. The van der Waals surface area contributed by atoms with E-state index in [-0.39, 0.29) is 5.56 Å². The Hall–Kier alpha value is -5.10. The second kappa shape index (κ2) is 9.51. The molecule has 0 amide bonds. The summed E-state index contributed by atoms with van der Waals surface area (Å²) in [6.07, 6.45) is 0. The molecule has 0 atom stereocenters. The van der Waals surface area contributed by atoms with E-state index in [0.717, 1.165) is 39.4 Å². The van der Waals surface area contributed by atoms with E-state index in [0.29, 0.717) is 17.0 Å². The van der Waals surface area contributed by atoms with Crippen LogP contribution in [0.3, 0.4) is 0 Å². The molecule has 6 nitrogen and oxygen atoms in total. The summed E-state index contributed by atoms with van der Waals surface area (Å²) in [5, 5.41) is 8.28. The summed E-state index contributed by atoms with van der Waals surface area (Å²) in [6, 6.07) is 37.2. The van der Waals surface area contributed by atoms with Gasteiger partial charge in [0, 0.05) is 11.3 Å². The van der Waals surface area contributed by atoms with E-state index in [1.54, 1.807) is 7.11 Å². The van der Waals surface area contributed by atoms with Gasteiger partial charge in [0.25, 0.3) is 5.56 Å². The van der Waals surface area contributed by atoms with Crippen LogP contribution in [0.25, 0.3) is 39.2 Å². The van der Waals surface area contributed by atoms with Gasteiger partial charge >= 0.3 is 0 Å². The van der Waals surface area contributed by atoms with Gasteiger partial charge in [0.05, 0.1) is 18.2 Å². The van der Waals surface area contributed by atoms with E-state index >= 15 is 0 Å². The number of aromatic amines is 1. The molecule has 0 saturated carbocycles. The van der Waals surface area contributed by atoms with E-state index in [4.69, 9.17) is 9.84 Å². The Morgan fingerprint density at radius 2 is 1.27 bits per heavy atom. The minimum absolute atomic E-state index is 0.225. The average Bonchev–Trinajstić information content (AvgIpc) is 3.35. The van der Waals surface area contributed by atoms with Gasteiger partial charge in [-0.25, -0.2) is 0 Å². The van der Waals surface area contributed by atoms with Crippen molar-refractivity contribution in [3.05, 3.63) is 126 Å². The largest absolute Gasteiger partial charge is 0.497 e. The van der Waals surface area contributed by atoms with Crippen molar-refractivity contribution in [3.8, 4) is 39.3 Å². The van der Waals surface area contributed by atoms with E-state index in [2.05, 4.69) is 10.3 Å². The quantitative estimate of drug-likeness (QED) is 0.273. The maximum atomic E-state index is 14.1. The Morgan fingerprint density at radius 3 is 1.89 bits per heavy atom. The maximum Gasteiger partial charge on any atom is 0.284 e. The zero-order valence-electron chi connectivity index (χ0n) is 20.2. The van der Waals surface area contributed by atoms with Crippen LogP contribution >= 0.6 is 0 Å². The van der Waals surface area contributed by atoms with Gasteiger partial charge in [-0.3, -0.25) is 4.79 Å². The summed E-state index contributed by atoms with van der Waals surface area (Å²) in [7, 11) is 1.62. The van der Waals surface area contributed by atoms with Crippen molar-refractivity contribution in [2.24, 2.45) is 0 Å². The standard InChI is InChI=1S/C31H24N4O2/c1-37-25-19-17-22(18-20-25)27-29(32-24-15-9-4-10-16-24)33-30-26(21-11-5-2-6-12-21)28(34-35(30)31(27)36)23-13-7-3-8-14-23/h2-20,32-33H,1H3. The van der Waals surface area contributed by atoms with Crippen molar-refractivity contribution in [1.82, 2.24) is 14.6 Å². The van der Waals surface area contributed by atoms with Gasteiger partial charge in [0.1, 0.15) is 22.9 Å². The van der Waals surface area contributed by atoms with Gasteiger partial charge in [0.15, 0.2) is 0 Å². The second-order valence-corrected chi connectivity index (χ2v) is 8.62. The molecule has 0 aliphatic rings. The number of hydrogen-bond acceptors (Lipinski definition) is 4. The molecule has 6 rings (SSSR count). The van der Waals surface area contributed by atoms with E-state index in [1.165, 1.54) is 4.52 Å². The third-order valence-corrected chi connectivity index (χ3v) is 6.32. The molecule has 0 saturated heterocycles. The lowest BCUT2D eigenvalue weighted by atomic mass is 10.0. The first kappa shape index (κ1) is 22.4. The molecule has 0 unspecified atom stereocenters. The molecule has 0 aliphatic carbocycles. The van der Waals surface area contributed by atoms with Crippen molar-refractivity contribution in [2.75, 3.05) is 12.4 Å². The third-order valence-electron chi connectivity index (χ3n) is 6.32. The number of methoxy groups -OCH3 is 1. The van der Waals surface area contributed by atoms with Crippen molar-refractivity contribution < 1.29 is 4.74 Å². The van der Waals surface area contributed by atoms with Crippen LogP contribution in [-0.4, -0.2) is 21.7 Å². The topological polar surface area (TPSA) is 71.4 Å². The molecule has 37 heavy (non-hydrogen) atoms. The molecule has 4 aromatic carbocycles. The average molecular weight is 485 g/mol. The first-order chi connectivity index (χ1) is 18.2. The molecule has 180 valence electrons. The Labute approximate surface area is 213 Å². The van der Waals surface area contributed by atoms with Crippen LogP contribution in [0.15, 0.2) is 120 Å². The van der Waals surface area contributed by atoms with Crippen LogP contribution in [0.2, 0.25) is 0 Å². The van der Waals surface area contributed by atoms with E-state index < -0.39 is 0 Å². The van der Waals surface area contributed by atoms with Crippen LogP contribution in [0.5, 0.6) is 5.75 Å². The zero-order valence-corrected chi connectivity index (χ0v) is 20.2. The second-order valence-electron chi connectivity index (χ2n) is 8.62. The first-order valence-corrected chi connectivity index (χ1v) is 12.0. The lowest BCUT2D eigenvalue weighted by molar-refractivity contribution is 0.415. The van der Waals surface area contributed by atoms with Crippen molar-refractivity contribution in [3.63, 3.8) is 0 Å². The lowest BCUT2D eigenvalue weighted by Gasteiger charge is -2.14. The number of anilines is 2. The molecule has 6 heteroatoms. The molecule has 0 spiro atoms. The Balaban J connectivity index is 1.67. The molecule has 2 aromatic heterocycles. The van der Waals surface area contributed by atoms with E-state index in [1.807, 2.05) is 115 Å². The van der Waals surface area contributed by atoms with Crippen LogP contribution in [0, 0.1) is 0 Å². The maximum absolute atomic E-state index is 14.1. The van der Waals surface area contributed by atoms with Gasteiger partial charge in [-0.1, -0.05) is 91.0 Å². The summed E-state index contributed by atoms with van der Waals surface area (Å²) >= 11 is 0. The highest BCUT2D eigenvalue weighted by atomic mass is 16.5. The third kappa shape index (κ3) is 4.15. The number of nitrogens with zero attached hydrogens (tertiary/aromatic N) is 2. The van der Waals surface area contributed by atoms with Gasteiger partial charge in [-0.15, -0.1) is 0 Å². The number of para-hydroxylation sites is 1. The number of hydrogen-bond donors (Lipinski definition) is 2. The predicted octanol–water partition coefficient (Wildman–Crippen LogP) is 6.78. The Bertz CT molecular complexity index is 1720. The summed E-state index contributed by atoms with van der Waals surface area (Å²) in [5.41, 5.74) is 5.99. The summed E-state index contributed by atoms with van der Waals surface area (Å²) in [4.78, 5) is 17.7. The molecular formula is C31H24N4O2. The molecule has 0 bridgehead atoms. The van der Waals surface area contributed by atoms with Gasteiger partial charge < -0.3 is 15.0 Å². The monoisotopic (exact) mass is 484 g/mol. The molecular weight excluding hydrogens is 460 g/mol. The molecule has 0 radical (unpaired) electrons. The Kier molecular flexibility index (Phi) is 5.75. The van der Waals surface area contributed by atoms with Crippen molar-refractivity contribution in [1.29, 1.82) is 0 Å².